The van der Waals surface area contributed by atoms with Gasteiger partial charge in [-0.1, -0.05) is 18.7 Å². The Bertz CT molecular complexity index is 787. The van der Waals surface area contributed by atoms with Crippen LogP contribution in [0.25, 0.3) is 0 Å². The first-order valence-electron chi connectivity index (χ1n) is 10.1. The molecule has 0 unspecified atom stereocenters. The number of fused-ring (bicyclic) bond motifs is 3. The number of carbonyl (C=O) groups excluding carboxylic acids is 1. The molecular weight excluding hydrogens is 396 g/mol. The van der Waals surface area contributed by atoms with Crippen LogP contribution in [0.15, 0.2) is 35.6 Å². The molecule has 3 fully saturated rings. The summed E-state index contributed by atoms with van der Waals surface area (Å²) in [6, 6.07) is 0. The molecule has 4 aliphatic rings. The predicted octanol–water partition coefficient (Wildman–Crippen LogP) is -0.868. The van der Waals surface area contributed by atoms with E-state index in [1.54, 1.807) is 0 Å². The van der Waals surface area contributed by atoms with Crippen molar-refractivity contribution in [3.63, 3.8) is 0 Å². The smallest absolute Gasteiger partial charge is 0.334 e. The van der Waals surface area contributed by atoms with Gasteiger partial charge < -0.3 is 39.7 Å². The Morgan fingerprint density at radius 1 is 1.07 bits per heavy atom. The topological polar surface area (TPSA) is 146 Å². The molecule has 0 bridgehead atoms. The Kier molecular flexibility index (Phi) is 5.54. The van der Waals surface area contributed by atoms with E-state index in [1.807, 2.05) is 6.92 Å². The van der Waals surface area contributed by atoms with Crippen LogP contribution in [0.3, 0.4) is 0 Å². The first-order valence-corrected chi connectivity index (χ1v) is 10.1. The minimum atomic E-state index is -1.54. The van der Waals surface area contributed by atoms with E-state index in [4.69, 9.17) is 14.2 Å². The lowest BCUT2D eigenvalue weighted by molar-refractivity contribution is -0.292. The normalized spacial score (nSPS) is 46.4. The van der Waals surface area contributed by atoms with Crippen LogP contribution in [0.1, 0.15) is 19.8 Å². The number of hydrogen-bond donors (Lipinski definition) is 5. The number of hydrogen-bond acceptors (Lipinski definition) is 9. The molecule has 0 aromatic rings. The second kappa shape index (κ2) is 7.74. The molecule has 0 spiro atoms. The molecule has 9 nitrogen and oxygen atoms in total. The molecular formula is C21H28O9. The van der Waals surface area contributed by atoms with Crippen LogP contribution in [-0.4, -0.2) is 81.0 Å². The van der Waals surface area contributed by atoms with E-state index in [0.717, 1.165) is 11.1 Å². The van der Waals surface area contributed by atoms with E-state index < -0.39 is 61.4 Å². The molecule has 0 radical (unpaired) electrons. The van der Waals surface area contributed by atoms with Crippen molar-refractivity contribution in [2.45, 2.75) is 62.7 Å². The lowest BCUT2D eigenvalue weighted by atomic mass is 9.80. The maximum Gasteiger partial charge on any atom is 0.334 e. The largest absolute Gasteiger partial charge is 0.466 e. The highest BCUT2D eigenvalue weighted by Gasteiger charge is 2.55. The van der Waals surface area contributed by atoms with E-state index in [2.05, 4.69) is 13.2 Å². The van der Waals surface area contributed by atoms with Gasteiger partial charge in [-0.3, -0.25) is 0 Å². The summed E-state index contributed by atoms with van der Waals surface area (Å²) in [6.45, 7) is 9.18. The molecule has 2 aliphatic heterocycles. The molecule has 0 aromatic heterocycles. The summed E-state index contributed by atoms with van der Waals surface area (Å²) in [4.78, 5) is 12.1. The zero-order valence-electron chi connectivity index (χ0n) is 16.7. The second-order valence-corrected chi connectivity index (χ2v) is 8.61. The highest BCUT2D eigenvalue weighted by Crippen LogP contribution is 2.52. The maximum atomic E-state index is 12.1. The van der Waals surface area contributed by atoms with Crippen molar-refractivity contribution in [1.29, 1.82) is 0 Å². The number of allylic oxidation sites excluding steroid dienone is 1. The first-order chi connectivity index (χ1) is 14.1. The minimum absolute atomic E-state index is 0.145. The number of carbonyl (C=O) groups is 1. The lowest BCUT2D eigenvalue weighted by Gasteiger charge is -2.40. The van der Waals surface area contributed by atoms with Crippen molar-refractivity contribution in [1.82, 2.24) is 0 Å². The fourth-order valence-corrected chi connectivity index (χ4v) is 5.20. The molecule has 166 valence electrons. The van der Waals surface area contributed by atoms with Crippen LogP contribution in [0.5, 0.6) is 0 Å². The summed E-state index contributed by atoms with van der Waals surface area (Å²) < 4.78 is 16.9. The number of esters is 1. The van der Waals surface area contributed by atoms with Crippen molar-refractivity contribution in [2.24, 2.45) is 17.8 Å². The minimum Gasteiger partial charge on any atom is -0.466 e. The molecule has 9 heteroatoms. The Hall–Kier alpha value is -1.75. The summed E-state index contributed by atoms with van der Waals surface area (Å²) in [5, 5.41) is 50.2. The van der Waals surface area contributed by atoms with Gasteiger partial charge in [0, 0.05) is 17.9 Å². The highest BCUT2D eigenvalue weighted by atomic mass is 16.7. The van der Waals surface area contributed by atoms with E-state index in [1.165, 1.54) is 0 Å². The first kappa shape index (κ1) is 21.5. The van der Waals surface area contributed by atoms with Crippen LogP contribution in [0.4, 0.5) is 0 Å². The van der Waals surface area contributed by atoms with Gasteiger partial charge in [0.2, 0.25) is 6.29 Å². The molecule has 2 heterocycles. The van der Waals surface area contributed by atoms with Gasteiger partial charge in [-0.15, -0.1) is 0 Å². The molecule has 0 amide bonds. The third-order valence-electron chi connectivity index (χ3n) is 6.91. The number of ether oxygens (including phenoxy) is 3. The monoisotopic (exact) mass is 424 g/mol. The van der Waals surface area contributed by atoms with Crippen molar-refractivity contribution in [3.05, 3.63) is 35.6 Å². The molecule has 2 saturated heterocycles. The number of rotatable bonds is 3. The van der Waals surface area contributed by atoms with Crippen molar-refractivity contribution < 1.29 is 44.5 Å². The molecule has 30 heavy (non-hydrogen) atoms. The Labute approximate surface area is 173 Å². The quantitative estimate of drug-likeness (QED) is 0.222. The van der Waals surface area contributed by atoms with Crippen molar-refractivity contribution >= 4 is 5.97 Å². The van der Waals surface area contributed by atoms with Gasteiger partial charge in [-0.2, -0.15) is 0 Å². The number of aliphatic hydroxyl groups is 5. The summed E-state index contributed by atoms with van der Waals surface area (Å²) >= 11 is 0. The molecule has 1 saturated carbocycles. The van der Waals surface area contributed by atoms with E-state index in [0.29, 0.717) is 18.6 Å². The fraction of sp³-hybridized carbons (Fsp3) is 0.667. The average Bonchev–Trinajstić information content (AvgIpc) is 3.15. The number of aliphatic hydroxyl groups excluding tert-OH is 5. The zero-order chi connectivity index (χ0) is 21.9. The third kappa shape index (κ3) is 3.21. The molecule has 0 aromatic carbocycles. The average molecular weight is 424 g/mol. The van der Waals surface area contributed by atoms with Crippen LogP contribution in [-0.2, 0) is 19.0 Å². The predicted molar refractivity (Wildman–Crippen MR) is 101 cm³/mol. The third-order valence-corrected chi connectivity index (χ3v) is 6.91. The van der Waals surface area contributed by atoms with Gasteiger partial charge in [0.05, 0.1) is 24.4 Å². The summed E-state index contributed by atoms with van der Waals surface area (Å²) in [6.07, 6.45) is -7.60. The van der Waals surface area contributed by atoms with Gasteiger partial charge in [0.25, 0.3) is 0 Å². The summed E-state index contributed by atoms with van der Waals surface area (Å²) in [7, 11) is 0. The van der Waals surface area contributed by atoms with Crippen LogP contribution in [0.2, 0.25) is 0 Å². The summed E-state index contributed by atoms with van der Waals surface area (Å²) in [5.41, 5.74) is 1.82. The van der Waals surface area contributed by atoms with Gasteiger partial charge in [0.15, 0.2) is 0 Å². The standard InChI is InChI=1S/C21H28O9/c1-7-4-11(23)15-9(3)20(27)30-19(15)14-8(2)12(5-10(7)14)28-21-18(26)17(25)16(24)13(6-22)29-21/h10-11,13-19,21-26H,1,3-6H2,2H3/t10-,11+,13+,14-,15+,16+,17-,18+,19+,21+/m0/s1. The van der Waals surface area contributed by atoms with Gasteiger partial charge in [-0.05, 0) is 24.8 Å². The second-order valence-electron chi connectivity index (χ2n) is 8.61. The van der Waals surface area contributed by atoms with E-state index in [9.17, 15) is 30.3 Å². The SMILES string of the molecule is C=C1C(=O)O[C@@H]2[C@H]3C(C)=C(O[C@@H]4O[C@H](CO)[C@@H](O)[C@H](O)[C@H]4O)C[C@H]3C(=C)C[C@@H](O)[C@@H]12. The molecule has 5 N–H and O–H groups in total. The highest BCUT2D eigenvalue weighted by molar-refractivity contribution is 5.91. The van der Waals surface area contributed by atoms with Crippen LogP contribution >= 0.6 is 0 Å². The molecule has 4 rings (SSSR count). The zero-order valence-corrected chi connectivity index (χ0v) is 16.7. The maximum absolute atomic E-state index is 12.1. The van der Waals surface area contributed by atoms with E-state index >= 15 is 0 Å². The van der Waals surface area contributed by atoms with Crippen LogP contribution < -0.4 is 0 Å². The Balaban J connectivity index is 1.61. The van der Waals surface area contributed by atoms with Crippen LogP contribution in [0, 0.1) is 17.8 Å². The van der Waals surface area contributed by atoms with Gasteiger partial charge in [-0.25, -0.2) is 4.79 Å². The Morgan fingerprint density at radius 3 is 2.43 bits per heavy atom. The van der Waals surface area contributed by atoms with E-state index in [-0.39, 0.29) is 17.4 Å². The summed E-state index contributed by atoms with van der Waals surface area (Å²) in [5.74, 6) is -0.979. The lowest BCUT2D eigenvalue weighted by Crippen LogP contribution is -2.59. The fourth-order valence-electron chi connectivity index (χ4n) is 5.20. The molecule has 10 atom stereocenters. The van der Waals surface area contributed by atoms with Crippen molar-refractivity contribution in [3.8, 4) is 0 Å². The Morgan fingerprint density at radius 2 is 1.77 bits per heavy atom. The van der Waals surface area contributed by atoms with Gasteiger partial charge in [0.1, 0.15) is 30.5 Å². The van der Waals surface area contributed by atoms with Crippen molar-refractivity contribution in [2.75, 3.05) is 6.61 Å². The van der Waals surface area contributed by atoms with Gasteiger partial charge >= 0.3 is 5.97 Å². The molecule has 2 aliphatic carbocycles.